The van der Waals surface area contributed by atoms with E-state index in [0.29, 0.717) is 6.54 Å². The Morgan fingerprint density at radius 3 is 2.44 bits per heavy atom. The summed E-state index contributed by atoms with van der Waals surface area (Å²) in [6, 6.07) is 0. The molecule has 4 nitrogen and oxygen atoms in total. The van der Waals surface area contributed by atoms with Gasteiger partial charge in [0.1, 0.15) is 0 Å². The molecule has 0 radical (unpaired) electrons. The molecule has 0 atom stereocenters. The third-order valence-corrected chi connectivity index (χ3v) is 2.95. The average Bonchev–Trinajstić information content (AvgIpc) is 2.31. The highest BCUT2D eigenvalue weighted by Crippen LogP contribution is 2.31. The van der Waals surface area contributed by atoms with Crippen molar-refractivity contribution in [3.05, 3.63) is 24.3 Å². The smallest absolute Gasteiger partial charge is 0.0662 e. The van der Waals surface area contributed by atoms with Crippen LogP contribution in [0, 0.1) is 0 Å². The summed E-state index contributed by atoms with van der Waals surface area (Å²) < 4.78 is 5.34. The van der Waals surface area contributed by atoms with Crippen LogP contribution in [0.25, 0.3) is 0 Å². The van der Waals surface area contributed by atoms with Gasteiger partial charge in [-0.25, -0.2) is 0 Å². The molecule has 2 N–H and O–H groups in total. The molecule has 1 aliphatic rings. The highest BCUT2D eigenvalue weighted by Gasteiger charge is 2.34. The predicted molar refractivity (Wildman–Crippen MR) is 67.3 cm³/mol. The first-order valence-electron chi connectivity index (χ1n) is 4.92. The lowest BCUT2D eigenvalue weighted by Crippen LogP contribution is -2.41. The number of nitrogens with zero attached hydrogens (tertiary/aromatic N) is 2. The van der Waals surface area contributed by atoms with Crippen molar-refractivity contribution in [3.63, 3.8) is 0 Å². The number of halogens is 2. The van der Waals surface area contributed by atoms with Crippen LogP contribution in [0.3, 0.4) is 0 Å². The van der Waals surface area contributed by atoms with E-state index in [2.05, 4.69) is 9.97 Å². The Morgan fingerprint density at radius 2 is 1.94 bits per heavy atom. The summed E-state index contributed by atoms with van der Waals surface area (Å²) in [6.07, 6.45) is 7.12. The molecule has 92 valence electrons. The van der Waals surface area contributed by atoms with E-state index in [1.165, 1.54) is 0 Å². The molecule has 1 aliphatic heterocycles. The molecule has 1 aromatic rings. The van der Waals surface area contributed by atoms with Crippen LogP contribution < -0.4 is 5.73 Å². The number of nitrogens with two attached hydrogens (primary N) is 1. The SMILES string of the molecule is Cl.Cl.NCC1(c2cnccn2)CCOCC1. The van der Waals surface area contributed by atoms with Gasteiger partial charge in [-0.2, -0.15) is 0 Å². The minimum atomic E-state index is -0.00743. The van der Waals surface area contributed by atoms with E-state index in [1.54, 1.807) is 12.4 Å². The van der Waals surface area contributed by atoms with Gasteiger partial charge in [-0.1, -0.05) is 0 Å². The topological polar surface area (TPSA) is 61.0 Å². The maximum Gasteiger partial charge on any atom is 0.0662 e. The standard InChI is InChI=1S/C10H15N3O.2ClH/c11-8-10(1-5-14-6-2-10)9-7-12-3-4-13-9;;/h3-4,7H,1-2,5-6,8,11H2;2*1H. The minimum absolute atomic E-state index is 0. The van der Waals surface area contributed by atoms with E-state index in [-0.39, 0.29) is 30.2 Å². The van der Waals surface area contributed by atoms with Crippen LogP contribution in [-0.2, 0) is 10.2 Å². The van der Waals surface area contributed by atoms with Crippen LogP contribution >= 0.6 is 24.8 Å². The van der Waals surface area contributed by atoms with Crippen molar-refractivity contribution in [1.29, 1.82) is 0 Å². The van der Waals surface area contributed by atoms with Crippen molar-refractivity contribution >= 4 is 24.8 Å². The lowest BCUT2D eigenvalue weighted by Gasteiger charge is -2.35. The number of aromatic nitrogens is 2. The maximum atomic E-state index is 5.85. The van der Waals surface area contributed by atoms with Gasteiger partial charge < -0.3 is 10.5 Å². The predicted octanol–water partition coefficient (Wildman–Crippen LogP) is 1.33. The van der Waals surface area contributed by atoms with Gasteiger partial charge in [-0.3, -0.25) is 9.97 Å². The molecule has 0 spiro atoms. The van der Waals surface area contributed by atoms with E-state index >= 15 is 0 Å². The molecule has 6 heteroatoms. The van der Waals surface area contributed by atoms with Gasteiger partial charge in [0.2, 0.25) is 0 Å². The zero-order chi connectivity index (χ0) is 9.86. The van der Waals surface area contributed by atoms with Crippen LogP contribution in [0.4, 0.5) is 0 Å². The van der Waals surface area contributed by atoms with Gasteiger partial charge in [0.25, 0.3) is 0 Å². The molecular weight excluding hydrogens is 249 g/mol. The molecule has 2 rings (SSSR count). The zero-order valence-corrected chi connectivity index (χ0v) is 10.6. The van der Waals surface area contributed by atoms with Crippen molar-refractivity contribution in [2.75, 3.05) is 19.8 Å². The van der Waals surface area contributed by atoms with E-state index in [1.807, 2.05) is 6.20 Å². The Kier molecular flexibility index (Phi) is 6.83. The van der Waals surface area contributed by atoms with Crippen LogP contribution in [0.1, 0.15) is 18.5 Å². The Bertz CT molecular complexity index is 291. The number of rotatable bonds is 2. The van der Waals surface area contributed by atoms with Crippen molar-refractivity contribution in [1.82, 2.24) is 9.97 Å². The first-order chi connectivity index (χ1) is 6.87. The molecule has 0 aromatic carbocycles. The van der Waals surface area contributed by atoms with Gasteiger partial charge in [-0.05, 0) is 12.8 Å². The lowest BCUT2D eigenvalue weighted by molar-refractivity contribution is 0.0514. The third kappa shape index (κ3) is 3.04. The molecule has 2 heterocycles. The van der Waals surface area contributed by atoms with Crippen molar-refractivity contribution in [2.24, 2.45) is 5.73 Å². The second-order valence-corrected chi connectivity index (χ2v) is 3.69. The fourth-order valence-corrected chi connectivity index (χ4v) is 1.90. The summed E-state index contributed by atoms with van der Waals surface area (Å²) in [7, 11) is 0. The first kappa shape index (κ1) is 15.6. The van der Waals surface area contributed by atoms with Crippen LogP contribution in [-0.4, -0.2) is 29.7 Å². The maximum absolute atomic E-state index is 5.85. The largest absolute Gasteiger partial charge is 0.381 e. The second kappa shape index (κ2) is 7.01. The fraction of sp³-hybridized carbons (Fsp3) is 0.600. The summed E-state index contributed by atoms with van der Waals surface area (Å²) in [5.41, 5.74) is 6.84. The monoisotopic (exact) mass is 265 g/mol. The molecular formula is C10H17Cl2N3O. The Labute approximate surface area is 108 Å². The highest BCUT2D eigenvalue weighted by molar-refractivity contribution is 5.85. The summed E-state index contributed by atoms with van der Waals surface area (Å²) in [4.78, 5) is 8.44. The summed E-state index contributed by atoms with van der Waals surface area (Å²) in [6.45, 7) is 2.16. The van der Waals surface area contributed by atoms with Gasteiger partial charge in [0, 0.05) is 43.8 Å². The van der Waals surface area contributed by atoms with Gasteiger partial charge in [0.05, 0.1) is 5.69 Å². The highest BCUT2D eigenvalue weighted by atomic mass is 35.5. The van der Waals surface area contributed by atoms with E-state index < -0.39 is 0 Å². The quantitative estimate of drug-likeness (QED) is 0.877. The van der Waals surface area contributed by atoms with Crippen LogP contribution in [0.2, 0.25) is 0 Å². The molecule has 1 fully saturated rings. The molecule has 1 saturated heterocycles. The molecule has 0 unspecified atom stereocenters. The van der Waals surface area contributed by atoms with Crippen LogP contribution in [0.5, 0.6) is 0 Å². The fourth-order valence-electron chi connectivity index (χ4n) is 1.90. The molecule has 0 amide bonds. The Hall–Kier alpha value is -0.420. The summed E-state index contributed by atoms with van der Waals surface area (Å²) >= 11 is 0. The van der Waals surface area contributed by atoms with Crippen molar-refractivity contribution in [3.8, 4) is 0 Å². The summed E-state index contributed by atoms with van der Waals surface area (Å²) in [5.74, 6) is 0. The Morgan fingerprint density at radius 1 is 1.25 bits per heavy atom. The molecule has 0 aliphatic carbocycles. The molecule has 0 bridgehead atoms. The van der Waals surface area contributed by atoms with Crippen molar-refractivity contribution < 1.29 is 4.74 Å². The molecule has 0 saturated carbocycles. The lowest BCUT2D eigenvalue weighted by atomic mass is 9.77. The second-order valence-electron chi connectivity index (χ2n) is 3.69. The van der Waals surface area contributed by atoms with Gasteiger partial charge in [0.15, 0.2) is 0 Å². The van der Waals surface area contributed by atoms with E-state index in [9.17, 15) is 0 Å². The Balaban J connectivity index is 0.00000112. The number of hydrogen-bond donors (Lipinski definition) is 1. The average molecular weight is 266 g/mol. The van der Waals surface area contributed by atoms with E-state index in [0.717, 1.165) is 31.7 Å². The third-order valence-electron chi connectivity index (χ3n) is 2.95. The summed E-state index contributed by atoms with van der Waals surface area (Å²) in [5, 5.41) is 0. The zero-order valence-electron chi connectivity index (χ0n) is 8.96. The minimum Gasteiger partial charge on any atom is -0.381 e. The number of hydrogen-bond acceptors (Lipinski definition) is 4. The first-order valence-corrected chi connectivity index (χ1v) is 4.92. The molecule has 16 heavy (non-hydrogen) atoms. The molecule has 1 aromatic heterocycles. The van der Waals surface area contributed by atoms with E-state index in [4.69, 9.17) is 10.5 Å². The normalized spacial score (nSPS) is 18.1. The van der Waals surface area contributed by atoms with Crippen LogP contribution in [0.15, 0.2) is 18.6 Å². The van der Waals surface area contributed by atoms with Crippen molar-refractivity contribution in [2.45, 2.75) is 18.3 Å². The van der Waals surface area contributed by atoms with Gasteiger partial charge >= 0.3 is 0 Å². The number of ether oxygens (including phenoxy) is 1. The van der Waals surface area contributed by atoms with Gasteiger partial charge in [-0.15, -0.1) is 24.8 Å².